The Balaban J connectivity index is 2.40. The third-order valence-corrected chi connectivity index (χ3v) is 9.45. The van der Waals surface area contributed by atoms with Crippen molar-refractivity contribution in [1.82, 2.24) is 0 Å². The molecule has 0 amide bonds. The zero-order valence-corrected chi connectivity index (χ0v) is 31.6. The lowest BCUT2D eigenvalue weighted by molar-refractivity contribution is 0.0613. The summed E-state index contributed by atoms with van der Waals surface area (Å²) in [5.41, 5.74) is 2.83. The molecule has 0 bridgehead atoms. The molecule has 4 atom stereocenters. The Morgan fingerprint density at radius 1 is 0.822 bits per heavy atom. The number of benzene rings is 2. The van der Waals surface area contributed by atoms with E-state index in [0.29, 0.717) is 25.4 Å². The van der Waals surface area contributed by atoms with Crippen LogP contribution < -0.4 is 18.9 Å². The fraction of sp³-hybridized carbons (Fsp3) is 0.568. The van der Waals surface area contributed by atoms with Gasteiger partial charge in [-0.1, -0.05) is 74.7 Å². The summed E-state index contributed by atoms with van der Waals surface area (Å²) in [6, 6.07) is 7.97. The molecule has 0 aliphatic heterocycles. The second-order valence-corrected chi connectivity index (χ2v) is 14.2. The zero-order valence-electron chi connectivity index (χ0n) is 28.5. The number of halogens is 2. The SMILES string of the molecule is C=C(Br)C(CC(CCc1cc(OCCC(C)CCCC(C)C)c(/C=C/c2cc(OC)c(Br)cc2OC)cc1OC)C(C)O)OC. The smallest absolute Gasteiger partial charge is 0.133 e. The van der Waals surface area contributed by atoms with E-state index < -0.39 is 6.10 Å². The van der Waals surface area contributed by atoms with Crippen LogP contribution in [0.1, 0.15) is 82.9 Å². The van der Waals surface area contributed by atoms with Crippen LogP contribution in [0.5, 0.6) is 23.0 Å². The molecule has 45 heavy (non-hydrogen) atoms. The maximum absolute atomic E-state index is 10.6. The molecule has 0 saturated heterocycles. The van der Waals surface area contributed by atoms with Crippen LogP contribution in [0.15, 0.2) is 39.8 Å². The van der Waals surface area contributed by atoms with E-state index in [4.69, 9.17) is 23.7 Å². The van der Waals surface area contributed by atoms with E-state index in [9.17, 15) is 5.11 Å². The molecule has 0 aliphatic carbocycles. The van der Waals surface area contributed by atoms with Crippen molar-refractivity contribution in [2.75, 3.05) is 35.0 Å². The van der Waals surface area contributed by atoms with Crippen molar-refractivity contribution in [3.8, 4) is 23.0 Å². The minimum atomic E-state index is -0.492. The number of aliphatic hydroxyl groups is 1. The molecule has 8 heteroatoms. The van der Waals surface area contributed by atoms with E-state index in [1.54, 1.807) is 28.4 Å². The van der Waals surface area contributed by atoms with Gasteiger partial charge in [0, 0.05) is 22.7 Å². The summed E-state index contributed by atoms with van der Waals surface area (Å²) in [5.74, 6) is 4.37. The van der Waals surface area contributed by atoms with Gasteiger partial charge in [-0.3, -0.25) is 0 Å². The van der Waals surface area contributed by atoms with Crippen LogP contribution in [0, 0.1) is 17.8 Å². The Morgan fingerprint density at radius 3 is 2.00 bits per heavy atom. The predicted molar refractivity (Wildman–Crippen MR) is 194 cm³/mol. The summed E-state index contributed by atoms with van der Waals surface area (Å²) in [6.07, 6.45) is 10.2. The number of hydrogen-bond donors (Lipinski definition) is 1. The molecule has 6 nitrogen and oxygen atoms in total. The summed E-state index contributed by atoms with van der Waals surface area (Å²) in [7, 11) is 6.66. The maximum atomic E-state index is 10.6. The summed E-state index contributed by atoms with van der Waals surface area (Å²) in [5, 5.41) is 10.6. The predicted octanol–water partition coefficient (Wildman–Crippen LogP) is 10.1. The van der Waals surface area contributed by atoms with Gasteiger partial charge in [0.2, 0.25) is 0 Å². The fourth-order valence-corrected chi connectivity index (χ4v) is 6.22. The van der Waals surface area contributed by atoms with E-state index >= 15 is 0 Å². The van der Waals surface area contributed by atoms with Crippen molar-refractivity contribution >= 4 is 44.0 Å². The highest BCUT2D eigenvalue weighted by Crippen LogP contribution is 2.36. The van der Waals surface area contributed by atoms with Crippen molar-refractivity contribution in [2.24, 2.45) is 17.8 Å². The van der Waals surface area contributed by atoms with Gasteiger partial charge < -0.3 is 28.8 Å². The van der Waals surface area contributed by atoms with Crippen LogP contribution in [-0.4, -0.2) is 52.4 Å². The van der Waals surface area contributed by atoms with E-state index in [1.807, 2.05) is 37.3 Å². The summed E-state index contributed by atoms with van der Waals surface area (Å²) in [4.78, 5) is 0. The van der Waals surface area contributed by atoms with Crippen LogP contribution in [0.3, 0.4) is 0 Å². The Bertz CT molecular complexity index is 1230. The highest BCUT2D eigenvalue weighted by Gasteiger charge is 2.23. The molecule has 2 aromatic carbocycles. The standard InChI is InChI=1S/C37H54Br2O6/c1-24(2)11-10-12-25(3)17-18-45-36-21-29(14-13-28(27(5)40)19-33(41-6)26(4)38)34(42-7)20-31(36)16-15-30-22-37(44-9)32(39)23-35(30)43-8/h15-16,20-25,27-28,33,40H,4,10-14,17-19H2,1-3,5-9H3/b16-15+. The number of aryl methyl sites for hydroxylation is 1. The lowest BCUT2D eigenvalue weighted by Gasteiger charge is -2.25. The van der Waals surface area contributed by atoms with Gasteiger partial charge in [0.15, 0.2) is 0 Å². The van der Waals surface area contributed by atoms with Crippen LogP contribution in [0.4, 0.5) is 0 Å². The molecule has 2 aromatic rings. The first kappa shape index (κ1) is 39.2. The molecule has 0 heterocycles. The summed E-state index contributed by atoms with van der Waals surface area (Å²) in [6.45, 7) is 13.3. The van der Waals surface area contributed by atoms with Gasteiger partial charge in [-0.15, -0.1) is 0 Å². The monoisotopic (exact) mass is 752 g/mol. The molecular formula is C37H54Br2O6. The van der Waals surface area contributed by atoms with Gasteiger partial charge in [-0.05, 0) is 96.1 Å². The summed E-state index contributed by atoms with van der Waals surface area (Å²) >= 11 is 7.00. The molecule has 2 rings (SSSR count). The Morgan fingerprint density at radius 2 is 1.44 bits per heavy atom. The molecule has 0 radical (unpaired) electrons. The van der Waals surface area contributed by atoms with E-state index in [-0.39, 0.29) is 12.0 Å². The maximum Gasteiger partial charge on any atom is 0.133 e. The molecule has 0 saturated carbocycles. The fourth-order valence-electron chi connectivity index (χ4n) is 5.37. The van der Waals surface area contributed by atoms with Crippen molar-refractivity contribution < 1.29 is 28.8 Å². The first-order valence-electron chi connectivity index (χ1n) is 15.9. The second-order valence-electron chi connectivity index (χ2n) is 12.3. The Hall–Kier alpha value is -2.00. The topological polar surface area (TPSA) is 66.4 Å². The largest absolute Gasteiger partial charge is 0.496 e. The molecule has 1 N–H and O–H groups in total. The quantitative estimate of drug-likeness (QED) is 0.128. The number of hydrogen-bond acceptors (Lipinski definition) is 6. The van der Waals surface area contributed by atoms with E-state index in [1.165, 1.54) is 19.3 Å². The van der Waals surface area contributed by atoms with Gasteiger partial charge in [-0.25, -0.2) is 0 Å². The molecule has 0 spiro atoms. The van der Waals surface area contributed by atoms with Gasteiger partial charge in [0.05, 0.1) is 44.6 Å². The van der Waals surface area contributed by atoms with E-state index in [0.717, 1.165) is 67.4 Å². The molecule has 0 fully saturated rings. The first-order chi connectivity index (χ1) is 21.4. The highest BCUT2D eigenvalue weighted by molar-refractivity contribution is 9.11. The first-order valence-corrected chi connectivity index (χ1v) is 17.5. The van der Waals surface area contributed by atoms with Crippen LogP contribution in [0.2, 0.25) is 0 Å². The van der Waals surface area contributed by atoms with Gasteiger partial charge in [-0.2, -0.15) is 0 Å². The van der Waals surface area contributed by atoms with Crippen LogP contribution in [-0.2, 0) is 11.2 Å². The third kappa shape index (κ3) is 13.0. The number of rotatable bonds is 21. The van der Waals surface area contributed by atoms with Gasteiger partial charge >= 0.3 is 0 Å². The van der Waals surface area contributed by atoms with Crippen molar-refractivity contribution in [3.63, 3.8) is 0 Å². The Kier molecular flexibility index (Phi) is 17.7. The zero-order chi connectivity index (χ0) is 33.5. The number of ether oxygens (including phenoxy) is 5. The van der Waals surface area contributed by atoms with Crippen LogP contribution in [0.25, 0.3) is 12.2 Å². The number of methoxy groups -OCH3 is 4. The minimum Gasteiger partial charge on any atom is -0.496 e. The minimum absolute atomic E-state index is 0.0180. The molecule has 252 valence electrons. The lowest BCUT2D eigenvalue weighted by Crippen LogP contribution is -2.24. The molecule has 4 unspecified atom stereocenters. The van der Waals surface area contributed by atoms with E-state index in [2.05, 4.69) is 65.3 Å². The van der Waals surface area contributed by atoms with Crippen LogP contribution >= 0.6 is 31.9 Å². The molecule has 0 aromatic heterocycles. The van der Waals surface area contributed by atoms with Crippen molar-refractivity contribution in [1.29, 1.82) is 0 Å². The Labute approximate surface area is 288 Å². The third-order valence-electron chi connectivity index (χ3n) is 8.32. The highest BCUT2D eigenvalue weighted by atomic mass is 79.9. The van der Waals surface area contributed by atoms with Crippen molar-refractivity contribution in [3.05, 3.63) is 56.5 Å². The normalized spacial score (nSPS) is 14.3. The molecular weight excluding hydrogens is 700 g/mol. The summed E-state index contributed by atoms with van der Waals surface area (Å²) < 4.78 is 30.7. The number of aliphatic hydroxyl groups excluding tert-OH is 1. The lowest BCUT2D eigenvalue weighted by atomic mass is 9.89. The van der Waals surface area contributed by atoms with Gasteiger partial charge in [0.1, 0.15) is 23.0 Å². The van der Waals surface area contributed by atoms with Crippen molar-refractivity contribution in [2.45, 2.75) is 84.8 Å². The average molecular weight is 755 g/mol. The second kappa shape index (κ2) is 20.3. The average Bonchev–Trinajstić information content (AvgIpc) is 3.00. The molecule has 0 aliphatic rings. The van der Waals surface area contributed by atoms with Gasteiger partial charge in [0.25, 0.3) is 0 Å².